The molecule has 0 bridgehead atoms. The van der Waals surface area contributed by atoms with Gasteiger partial charge in [-0.05, 0) is 19.7 Å². The molecule has 82 valence electrons. The first-order chi connectivity index (χ1) is 7.29. The van der Waals surface area contributed by atoms with Crippen LogP contribution >= 0.6 is 0 Å². The Morgan fingerprint density at radius 1 is 1.40 bits per heavy atom. The quantitative estimate of drug-likeness (QED) is 0.714. The van der Waals surface area contributed by atoms with E-state index in [1.165, 1.54) is 5.56 Å². The molecule has 0 aliphatic rings. The highest BCUT2D eigenvalue weighted by molar-refractivity contribution is 5.19. The average molecular weight is 204 g/mol. The van der Waals surface area contributed by atoms with Gasteiger partial charge in [0.1, 0.15) is 0 Å². The molecule has 1 atom stereocenters. The van der Waals surface area contributed by atoms with Gasteiger partial charge in [-0.1, -0.05) is 36.4 Å². The lowest BCUT2D eigenvalue weighted by Gasteiger charge is -2.27. The lowest BCUT2D eigenvalue weighted by atomic mass is 10.1. The molecule has 15 heavy (non-hydrogen) atoms. The summed E-state index contributed by atoms with van der Waals surface area (Å²) in [5.41, 5.74) is 1.34. The van der Waals surface area contributed by atoms with Crippen molar-refractivity contribution in [2.75, 3.05) is 27.2 Å². The van der Waals surface area contributed by atoms with Crippen LogP contribution in [0.15, 0.2) is 43.0 Å². The highest BCUT2D eigenvalue weighted by Crippen LogP contribution is 2.17. The third-order valence-electron chi connectivity index (χ3n) is 2.53. The number of likely N-dealkylation sites (N-methyl/N-ethyl adjacent to an activating group) is 2. The van der Waals surface area contributed by atoms with E-state index in [0.29, 0.717) is 6.04 Å². The number of hydrogen-bond donors (Lipinski definition) is 1. The number of rotatable bonds is 6. The largest absolute Gasteiger partial charge is 0.318 e. The van der Waals surface area contributed by atoms with Crippen molar-refractivity contribution in [1.29, 1.82) is 0 Å². The number of nitrogens with zero attached hydrogens (tertiary/aromatic N) is 1. The first kappa shape index (κ1) is 12.0. The van der Waals surface area contributed by atoms with Crippen LogP contribution in [0, 0.1) is 0 Å². The molecule has 0 aliphatic carbocycles. The second-order valence-electron chi connectivity index (χ2n) is 3.71. The minimum atomic E-state index is 0.411. The lowest BCUT2D eigenvalue weighted by molar-refractivity contribution is 0.266. The van der Waals surface area contributed by atoms with Crippen LogP contribution in [-0.2, 0) is 0 Å². The molecular weight excluding hydrogens is 184 g/mol. The van der Waals surface area contributed by atoms with Crippen LogP contribution in [0.25, 0.3) is 0 Å². The fourth-order valence-corrected chi connectivity index (χ4v) is 1.73. The van der Waals surface area contributed by atoms with Crippen molar-refractivity contribution in [3.05, 3.63) is 48.6 Å². The highest BCUT2D eigenvalue weighted by Gasteiger charge is 2.14. The van der Waals surface area contributed by atoms with Gasteiger partial charge in [-0.15, -0.1) is 6.58 Å². The van der Waals surface area contributed by atoms with Gasteiger partial charge in [0.2, 0.25) is 0 Å². The molecule has 0 saturated carbocycles. The van der Waals surface area contributed by atoms with E-state index in [0.717, 1.165) is 13.1 Å². The van der Waals surface area contributed by atoms with Gasteiger partial charge in [0.05, 0.1) is 0 Å². The van der Waals surface area contributed by atoms with E-state index in [1.54, 1.807) is 0 Å². The van der Waals surface area contributed by atoms with Crippen molar-refractivity contribution < 1.29 is 0 Å². The SMILES string of the molecule is C=CCN(C)C(CNC)c1ccccc1. The van der Waals surface area contributed by atoms with Gasteiger partial charge in [-0.2, -0.15) is 0 Å². The van der Waals surface area contributed by atoms with E-state index in [2.05, 4.69) is 48.1 Å². The third kappa shape index (κ3) is 3.50. The van der Waals surface area contributed by atoms with Crippen LogP contribution in [0.2, 0.25) is 0 Å². The Morgan fingerprint density at radius 3 is 2.60 bits per heavy atom. The lowest BCUT2D eigenvalue weighted by Crippen LogP contribution is -2.32. The van der Waals surface area contributed by atoms with E-state index < -0.39 is 0 Å². The van der Waals surface area contributed by atoms with Gasteiger partial charge >= 0.3 is 0 Å². The minimum absolute atomic E-state index is 0.411. The molecule has 0 saturated heterocycles. The zero-order valence-electron chi connectivity index (χ0n) is 9.61. The average Bonchev–Trinajstić information content (AvgIpc) is 2.27. The molecule has 0 spiro atoms. The van der Waals surface area contributed by atoms with Crippen molar-refractivity contribution in [1.82, 2.24) is 10.2 Å². The molecule has 1 unspecified atom stereocenters. The Labute approximate surface area is 92.6 Å². The standard InChI is InChI=1S/C13H20N2/c1-4-10-15(3)13(11-14-2)12-8-6-5-7-9-12/h4-9,13-14H,1,10-11H2,2-3H3. The van der Waals surface area contributed by atoms with Crippen molar-refractivity contribution in [3.8, 4) is 0 Å². The Balaban J connectivity index is 2.77. The Kier molecular flexibility index (Phi) is 5.08. The molecule has 0 amide bonds. The second-order valence-corrected chi connectivity index (χ2v) is 3.71. The summed E-state index contributed by atoms with van der Waals surface area (Å²) in [6.45, 7) is 5.63. The monoisotopic (exact) mass is 204 g/mol. The van der Waals surface area contributed by atoms with Crippen molar-refractivity contribution in [2.45, 2.75) is 6.04 Å². The summed E-state index contributed by atoms with van der Waals surface area (Å²) in [4.78, 5) is 2.29. The summed E-state index contributed by atoms with van der Waals surface area (Å²) < 4.78 is 0. The third-order valence-corrected chi connectivity index (χ3v) is 2.53. The molecule has 0 radical (unpaired) electrons. The van der Waals surface area contributed by atoms with E-state index in [-0.39, 0.29) is 0 Å². The molecule has 2 heteroatoms. The smallest absolute Gasteiger partial charge is 0.0472 e. The van der Waals surface area contributed by atoms with Crippen LogP contribution in [0.1, 0.15) is 11.6 Å². The van der Waals surface area contributed by atoms with E-state index >= 15 is 0 Å². The van der Waals surface area contributed by atoms with Crippen molar-refractivity contribution in [3.63, 3.8) is 0 Å². The molecule has 1 N–H and O–H groups in total. The summed E-state index contributed by atoms with van der Waals surface area (Å²) in [6.07, 6.45) is 1.94. The number of hydrogen-bond acceptors (Lipinski definition) is 2. The van der Waals surface area contributed by atoms with Crippen LogP contribution in [0.5, 0.6) is 0 Å². The van der Waals surface area contributed by atoms with Gasteiger partial charge in [0, 0.05) is 19.1 Å². The molecule has 1 aromatic rings. The summed E-state index contributed by atoms with van der Waals surface area (Å²) in [5.74, 6) is 0. The maximum absolute atomic E-state index is 3.77. The second kappa shape index (κ2) is 6.38. The fraction of sp³-hybridized carbons (Fsp3) is 0.385. The molecule has 1 rings (SSSR count). The van der Waals surface area contributed by atoms with Gasteiger partial charge in [0.25, 0.3) is 0 Å². The van der Waals surface area contributed by atoms with Gasteiger partial charge in [-0.3, -0.25) is 4.90 Å². The predicted octanol–water partition coefficient (Wildman–Crippen LogP) is 2.06. The Hall–Kier alpha value is -1.12. The van der Waals surface area contributed by atoms with Gasteiger partial charge in [-0.25, -0.2) is 0 Å². The van der Waals surface area contributed by atoms with Crippen LogP contribution in [-0.4, -0.2) is 32.1 Å². The molecule has 1 aromatic carbocycles. The first-order valence-electron chi connectivity index (χ1n) is 5.30. The molecule has 0 fully saturated rings. The molecule has 0 aliphatic heterocycles. The maximum Gasteiger partial charge on any atom is 0.0472 e. The Bertz CT molecular complexity index is 282. The molecule has 0 heterocycles. The Morgan fingerprint density at radius 2 is 2.07 bits per heavy atom. The van der Waals surface area contributed by atoms with Crippen molar-refractivity contribution >= 4 is 0 Å². The minimum Gasteiger partial charge on any atom is -0.318 e. The van der Waals surface area contributed by atoms with Crippen LogP contribution < -0.4 is 5.32 Å². The highest BCUT2D eigenvalue weighted by atomic mass is 15.1. The topological polar surface area (TPSA) is 15.3 Å². The van der Waals surface area contributed by atoms with E-state index in [1.807, 2.05) is 19.2 Å². The summed E-state index contributed by atoms with van der Waals surface area (Å²) in [7, 11) is 4.11. The molecule has 2 nitrogen and oxygen atoms in total. The normalized spacial score (nSPS) is 12.7. The zero-order chi connectivity index (χ0) is 11.1. The van der Waals surface area contributed by atoms with Crippen LogP contribution in [0.3, 0.4) is 0 Å². The van der Waals surface area contributed by atoms with E-state index in [9.17, 15) is 0 Å². The maximum atomic E-state index is 3.77. The molecule has 0 aromatic heterocycles. The summed E-state index contributed by atoms with van der Waals surface area (Å²) in [6, 6.07) is 11.0. The fourth-order valence-electron chi connectivity index (χ4n) is 1.73. The summed E-state index contributed by atoms with van der Waals surface area (Å²) in [5, 5.41) is 3.23. The summed E-state index contributed by atoms with van der Waals surface area (Å²) >= 11 is 0. The number of benzene rings is 1. The van der Waals surface area contributed by atoms with Gasteiger partial charge in [0.15, 0.2) is 0 Å². The van der Waals surface area contributed by atoms with E-state index in [4.69, 9.17) is 0 Å². The van der Waals surface area contributed by atoms with Crippen molar-refractivity contribution in [2.24, 2.45) is 0 Å². The van der Waals surface area contributed by atoms with Crippen LogP contribution in [0.4, 0.5) is 0 Å². The molecular formula is C13H20N2. The van der Waals surface area contributed by atoms with Gasteiger partial charge < -0.3 is 5.32 Å². The first-order valence-corrected chi connectivity index (χ1v) is 5.30. The predicted molar refractivity (Wildman–Crippen MR) is 65.9 cm³/mol. The number of nitrogens with one attached hydrogen (secondary N) is 1. The zero-order valence-corrected chi connectivity index (χ0v) is 9.61.